The van der Waals surface area contributed by atoms with Crippen molar-refractivity contribution in [3.05, 3.63) is 34.5 Å². The van der Waals surface area contributed by atoms with Gasteiger partial charge < -0.3 is 9.26 Å². The van der Waals surface area contributed by atoms with Crippen LogP contribution in [0, 0.1) is 6.92 Å². The van der Waals surface area contributed by atoms with Gasteiger partial charge in [-0.25, -0.2) is 13.1 Å². The molecule has 0 radical (unpaired) electrons. The minimum absolute atomic E-state index is 0.0440. The van der Waals surface area contributed by atoms with Gasteiger partial charge in [0.25, 0.3) is 10.0 Å². The Morgan fingerprint density at radius 2 is 2.00 bits per heavy atom. The number of aromatic nitrogens is 1. The number of methoxy groups -OCH3 is 1. The minimum atomic E-state index is -3.91. The zero-order valence-electron chi connectivity index (χ0n) is 14.2. The molecule has 1 aromatic heterocycles. The summed E-state index contributed by atoms with van der Waals surface area (Å²) in [7, 11) is -2.51. The summed E-state index contributed by atoms with van der Waals surface area (Å²) >= 11 is 5.94. The van der Waals surface area contributed by atoms with Crippen molar-refractivity contribution in [1.29, 1.82) is 0 Å². The first-order chi connectivity index (χ1) is 11.9. The molecule has 25 heavy (non-hydrogen) atoms. The number of anilines is 1. The van der Waals surface area contributed by atoms with Crippen LogP contribution in [0.1, 0.15) is 49.3 Å². The fraction of sp³-hybridized carbons (Fsp3) is 0.471. The molecular formula is C17H21ClN2O4S. The molecule has 3 rings (SSSR count). The van der Waals surface area contributed by atoms with Crippen molar-refractivity contribution in [3.8, 4) is 5.75 Å². The highest BCUT2D eigenvalue weighted by Gasteiger charge is 2.27. The third kappa shape index (κ3) is 3.77. The lowest BCUT2D eigenvalue weighted by molar-refractivity contribution is 0.387. The summed E-state index contributed by atoms with van der Waals surface area (Å²) in [6.45, 7) is 1.83. The van der Waals surface area contributed by atoms with E-state index in [2.05, 4.69) is 9.88 Å². The molecule has 8 heteroatoms. The first-order valence-electron chi connectivity index (χ1n) is 8.25. The Morgan fingerprint density at radius 1 is 1.28 bits per heavy atom. The van der Waals surface area contributed by atoms with Gasteiger partial charge in [0.05, 0.1) is 12.8 Å². The summed E-state index contributed by atoms with van der Waals surface area (Å²) in [5.74, 6) is 0.681. The highest BCUT2D eigenvalue weighted by atomic mass is 35.5. The lowest BCUT2D eigenvalue weighted by Gasteiger charge is -2.19. The Kier molecular flexibility index (Phi) is 5.24. The van der Waals surface area contributed by atoms with Crippen molar-refractivity contribution >= 4 is 27.5 Å². The summed E-state index contributed by atoms with van der Waals surface area (Å²) in [6, 6.07) is 4.42. The van der Waals surface area contributed by atoms with Gasteiger partial charge in [0.15, 0.2) is 0 Å². The molecule has 2 aromatic rings. The van der Waals surface area contributed by atoms with Crippen LogP contribution in [0.4, 0.5) is 5.88 Å². The third-order valence-corrected chi connectivity index (χ3v) is 6.18. The highest BCUT2D eigenvalue weighted by Crippen LogP contribution is 2.36. The van der Waals surface area contributed by atoms with E-state index < -0.39 is 10.0 Å². The van der Waals surface area contributed by atoms with E-state index >= 15 is 0 Å². The maximum atomic E-state index is 12.7. The molecule has 0 spiro atoms. The molecule has 1 aromatic carbocycles. The van der Waals surface area contributed by atoms with Gasteiger partial charge >= 0.3 is 0 Å². The van der Waals surface area contributed by atoms with Crippen LogP contribution in [0.3, 0.4) is 0 Å². The van der Waals surface area contributed by atoms with E-state index in [9.17, 15) is 8.42 Å². The van der Waals surface area contributed by atoms with Gasteiger partial charge in [-0.1, -0.05) is 36.0 Å². The summed E-state index contributed by atoms with van der Waals surface area (Å²) in [6.07, 6.45) is 5.68. The normalized spacial score (nSPS) is 16.0. The Hall–Kier alpha value is -1.73. The molecule has 0 unspecified atom stereocenters. The largest absolute Gasteiger partial charge is 0.495 e. The summed E-state index contributed by atoms with van der Waals surface area (Å²) in [4.78, 5) is -0.0440. The Balaban J connectivity index is 1.89. The number of ether oxygens (including phenoxy) is 1. The van der Waals surface area contributed by atoms with Crippen LogP contribution < -0.4 is 9.46 Å². The number of nitrogens with zero attached hydrogens (tertiary/aromatic N) is 1. The Morgan fingerprint density at radius 3 is 2.68 bits per heavy atom. The fourth-order valence-electron chi connectivity index (χ4n) is 3.24. The van der Waals surface area contributed by atoms with E-state index in [1.54, 1.807) is 6.07 Å². The average Bonchev–Trinajstić information content (AvgIpc) is 2.96. The van der Waals surface area contributed by atoms with Crippen molar-refractivity contribution in [1.82, 2.24) is 5.16 Å². The number of hydrogen-bond acceptors (Lipinski definition) is 5. The zero-order valence-corrected chi connectivity index (χ0v) is 15.8. The van der Waals surface area contributed by atoms with Crippen LogP contribution in [0.5, 0.6) is 5.75 Å². The summed E-state index contributed by atoms with van der Waals surface area (Å²) < 4.78 is 38.4. The molecule has 0 aliphatic heterocycles. The topological polar surface area (TPSA) is 81.4 Å². The number of rotatable bonds is 5. The monoisotopic (exact) mass is 384 g/mol. The van der Waals surface area contributed by atoms with Crippen molar-refractivity contribution in [2.24, 2.45) is 0 Å². The van der Waals surface area contributed by atoms with Crippen LogP contribution in [0.2, 0.25) is 5.02 Å². The second-order valence-electron chi connectivity index (χ2n) is 6.26. The summed E-state index contributed by atoms with van der Waals surface area (Å²) in [5.41, 5.74) is 1.58. The van der Waals surface area contributed by atoms with Crippen LogP contribution in [0.25, 0.3) is 0 Å². The Bertz CT molecular complexity index is 858. The van der Waals surface area contributed by atoms with Crippen molar-refractivity contribution in [2.75, 3.05) is 11.8 Å². The number of halogens is 1. The van der Waals surface area contributed by atoms with E-state index in [1.165, 1.54) is 25.7 Å². The highest BCUT2D eigenvalue weighted by molar-refractivity contribution is 7.92. The standard InChI is InChI=1S/C17H21ClN2O4S/c1-11-16(12-6-4-3-5-7-12)19-24-17(11)20-25(21,22)15-10-13(18)8-9-14(15)23-2/h8-10,12,20H,3-7H2,1-2H3. The van der Waals surface area contributed by atoms with Crippen molar-refractivity contribution in [2.45, 2.75) is 49.8 Å². The van der Waals surface area contributed by atoms with Gasteiger partial charge in [0.1, 0.15) is 10.6 Å². The van der Waals surface area contributed by atoms with Gasteiger partial charge in [-0.05, 0) is 38.0 Å². The molecule has 0 amide bonds. The zero-order chi connectivity index (χ0) is 18.0. The second kappa shape index (κ2) is 7.25. The minimum Gasteiger partial charge on any atom is -0.495 e. The number of benzene rings is 1. The predicted octanol–water partition coefficient (Wildman–Crippen LogP) is 4.49. The maximum Gasteiger partial charge on any atom is 0.268 e. The Labute approximate surface area is 152 Å². The van der Waals surface area contributed by atoms with E-state index in [-0.39, 0.29) is 16.5 Å². The van der Waals surface area contributed by atoms with Crippen molar-refractivity contribution in [3.63, 3.8) is 0 Å². The molecular weight excluding hydrogens is 364 g/mol. The number of nitrogens with one attached hydrogen (secondary N) is 1. The molecule has 0 bridgehead atoms. The smallest absolute Gasteiger partial charge is 0.268 e. The predicted molar refractivity (Wildman–Crippen MR) is 95.9 cm³/mol. The van der Waals surface area contributed by atoms with E-state index in [0.717, 1.165) is 36.9 Å². The van der Waals surface area contributed by atoms with Gasteiger partial charge in [0, 0.05) is 16.5 Å². The molecule has 0 saturated heterocycles. The molecule has 0 atom stereocenters. The van der Waals surface area contributed by atoms with Gasteiger partial charge in [-0.3, -0.25) is 0 Å². The van der Waals surface area contributed by atoms with Gasteiger partial charge in [0.2, 0.25) is 5.88 Å². The molecule has 6 nitrogen and oxygen atoms in total. The third-order valence-electron chi connectivity index (χ3n) is 4.59. The average molecular weight is 385 g/mol. The molecule has 1 aliphatic carbocycles. The molecule has 136 valence electrons. The van der Waals surface area contributed by atoms with Gasteiger partial charge in [-0.2, -0.15) is 0 Å². The van der Waals surface area contributed by atoms with Crippen molar-refractivity contribution < 1.29 is 17.7 Å². The fourth-order valence-corrected chi connectivity index (χ4v) is 4.72. The van der Waals surface area contributed by atoms with Crippen LogP contribution in [-0.4, -0.2) is 20.7 Å². The number of sulfonamides is 1. The lowest BCUT2D eigenvalue weighted by atomic mass is 9.86. The summed E-state index contributed by atoms with van der Waals surface area (Å²) in [5, 5.41) is 4.42. The quantitative estimate of drug-likeness (QED) is 0.821. The van der Waals surface area contributed by atoms with E-state index in [0.29, 0.717) is 10.9 Å². The number of hydrogen-bond donors (Lipinski definition) is 1. The van der Waals surface area contributed by atoms with E-state index in [4.69, 9.17) is 20.9 Å². The molecule has 1 saturated carbocycles. The molecule has 1 aliphatic rings. The van der Waals surface area contributed by atoms with Gasteiger partial charge in [-0.15, -0.1) is 0 Å². The van der Waals surface area contributed by atoms with Crippen LogP contribution >= 0.6 is 11.6 Å². The van der Waals surface area contributed by atoms with Crippen LogP contribution in [-0.2, 0) is 10.0 Å². The van der Waals surface area contributed by atoms with E-state index in [1.807, 2.05) is 6.92 Å². The molecule has 1 heterocycles. The maximum absolute atomic E-state index is 12.7. The molecule has 1 fully saturated rings. The lowest BCUT2D eigenvalue weighted by Crippen LogP contribution is -2.14. The SMILES string of the molecule is COc1ccc(Cl)cc1S(=O)(=O)Nc1onc(C2CCCCC2)c1C. The molecule has 1 N–H and O–H groups in total. The van der Waals surface area contributed by atoms with Crippen LogP contribution in [0.15, 0.2) is 27.6 Å². The first kappa shape index (κ1) is 18.1. The first-order valence-corrected chi connectivity index (χ1v) is 10.1. The second-order valence-corrected chi connectivity index (χ2v) is 8.34.